The minimum atomic E-state index is -4.15. The van der Waals surface area contributed by atoms with Crippen molar-refractivity contribution >= 4 is 109 Å². The number of aromatic nitrogens is 3. The van der Waals surface area contributed by atoms with Crippen LogP contribution in [0.25, 0.3) is 82.5 Å². The van der Waals surface area contributed by atoms with Crippen LogP contribution in [0.1, 0.15) is 11.1 Å². The van der Waals surface area contributed by atoms with Gasteiger partial charge in [0.05, 0.1) is 66.2 Å². The Balaban J connectivity index is 1.03. The summed E-state index contributed by atoms with van der Waals surface area (Å²) in [5, 5.41) is 25.9. The molecule has 3 aromatic heterocycles. The smallest absolute Gasteiger partial charge is 0.206 e. The Labute approximate surface area is 484 Å². The SMILES string of the molecule is N#Cc1cc(C#N)cc(S(=O)(=O)c2ccc(-n3c4ccccc4c4c5c(c6ccccc6n5-c5ccc(N(c6ccccc6)c6ccccc6)cc5)c5c(c6ccccc6n5-c5ccc(N(c6ccccc6)c6ccccc6)cc5)c43)cc2)c1. The van der Waals surface area contributed by atoms with Crippen molar-refractivity contribution in [1.82, 2.24) is 13.7 Å². The molecule has 10 heteroatoms. The molecule has 84 heavy (non-hydrogen) atoms. The Morgan fingerprint density at radius 3 is 0.881 bits per heavy atom. The average molecular weight is 1100 g/mol. The molecule has 0 unspecified atom stereocenters. The summed E-state index contributed by atoms with van der Waals surface area (Å²) in [5.41, 5.74) is 15.1. The van der Waals surface area contributed by atoms with Crippen LogP contribution in [-0.2, 0) is 9.84 Å². The number of nitriles is 2. The summed E-state index contributed by atoms with van der Waals surface area (Å²) in [5.74, 6) is 0. The van der Waals surface area contributed by atoms with Crippen molar-refractivity contribution in [3.63, 3.8) is 0 Å². The van der Waals surface area contributed by atoms with Crippen LogP contribution < -0.4 is 9.80 Å². The van der Waals surface area contributed by atoms with E-state index in [0.29, 0.717) is 0 Å². The van der Waals surface area contributed by atoms with Gasteiger partial charge in [-0.3, -0.25) is 0 Å². The van der Waals surface area contributed by atoms with Crippen molar-refractivity contribution in [3.05, 3.63) is 296 Å². The molecule has 9 nitrogen and oxygen atoms in total. The van der Waals surface area contributed by atoms with Gasteiger partial charge in [0.25, 0.3) is 0 Å². The molecule has 0 spiro atoms. The zero-order valence-electron chi connectivity index (χ0n) is 45.0. The first kappa shape index (κ1) is 49.6. The number of fused-ring (bicyclic) bond motifs is 12. The first-order valence-corrected chi connectivity index (χ1v) is 29.1. The molecule has 15 rings (SSSR count). The van der Waals surface area contributed by atoms with Gasteiger partial charge in [-0.2, -0.15) is 10.5 Å². The van der Waals surface area contributed by atoms with Gasteiger partial charge in [-0.05, 0) is 158 Å². The third-order valence-electron chi connectivity index (χ3n) is 16.0. The molecule has 0 fully saturated rings. The van der Waals surface area contributed by atoms with E-state index in [1.54, 1.807) is 12.1 Å². The predicted molar refractivity (Wildman–Crippen MR) is 340 cm³/mol. The molecule has 0 saturated carbocycles. The average Bonchev–Trinajstić information content (AvgIpc) is 1.53. The number of benzene rings is 12. The van der Waals surface area contributed by atoms with Gasteiger partial charge in [-0.15, -0.1) is 0 Å². The fraction of sp³-hybridized carbons (Fsp3) is 0. The van der Waals surface area contributed by atoms with E-state index in [2.05, 4.69) is 242 Å². The van der Waals surface area contributed by atoms with E-state index in [9.17, 15) is 18.9 Å². The zero-order valence-corrected chi connectivity index (χ0v) is 45.8. The highest BCUT2D eigenvalue weighted by Crippen LogP contribution is 2.51. The molecule has 0 aliphatic heterocycles. The lowest BCUT2D eigenvalue weighted by atomic mass is 10.0. The first-order valence-electron chi connectivity index (χ1n) is 27.6. The molecule has 0 bridgehead atoms. The van der Waals surface area contributed by atoms with E-state index >= 15 is 0 Å². The molecule has 15 aromatic rings. The minimum absolute atomic E-state index is 0.0401. The summed E-state index contributed by atoms with van der Waals surface area (Å²) in [6, 6.07) is 100. The second-order valence-corrected chi connectivity index (χ2v) is 22.7. The minimum Gasteiger partial charge on any atom is -0.311 e. The Bertz CT molecular complexity index is 4990. The number of hydrogen-bond acceptors (Lipinski definition) is 6. The van der Waals surface area contributed by atoms with Gasteiger partial charge in [0.15, 0.2) is 0 Å². The topological polar surface area (TPSA) is 103 Å². The van der Waals surface area contributed by atoms with Crippen LogP contribution in [-0.4, -0.2) is 22.1 Å². The number of sulfone groups is 1. The van der Waals surface area contributed by atoms with E-state index in [1.807, 2.05) is 48.5 Å². The maximum atomic E-state index is 14.4. The maximum absolute atomic E-state index is 14.4. The van der Waals surface area contributed by atoms with Crippen molar-refractivity contribution in [2.24, 2.45) is 0 Å². The molecule has 12 aromatic carbocycles. The lowest BCUT2D eigenvalue weighted by molar-refractivity contribution is 0.596. The van der Waals surface area contributed by atoms with Gasteiger partial charge < -0.3 is 23.5 Å². The van der Waals surface area contributed by atoms with Crippen LogP contribution in [0.4, 0.5) is 34.1 Å². The van der Waals surface area contributed by atoms with Crippen LogP contribution in [0, 0.1) is 22.7 Å². The Morgan fingerprint density at radius 2 is 0.571 bits per heavy atom. The predicted octanol–water partition coefficient (Wildman–Crippen LogP) is 18.5. The highest BCUT2D eigenvalue weighted by Gasteiger charge is 2.30. The largest absolute Gasteiger partial charge is 0.311 e. The van der Waals surface area contributed by atoms with E-state index in [-0.39, 0.29) is 20.9 Å². The van der Waals surface area contributed by atoms with Crippen molar-refractivity contribution in [2.75, 3.05) is 9.80 Å². The third-order valence-corrected chi connectivity index (χ3v) is 17.8. The summed E-state index contributed by atoms with van der Waals surface area (Å²) in [6.07, 6.45) is 0. The molecular weight excluding hydrogens is 1050 g/mol. The van der Waals surface area contributed by atoms with Gasteiger partial charge >= 0.3 is 0 Å². The van der Waals surface area contributed by atoms with E-state index in [1.165, 1.54) is 18.2 Å². The highest BCUT2D eigenvalue weighted by molar-refractivity contribution is 7.91. The van der Waals surface area contributed by atoms with Crippen molar-refractivity contribution in [1.29, 1.82) is 10.5 Å². The molecule has 0 aliphatic rings. The van der Waals surface area contributed by atoms with Crippen molar-refractivity contribution in [3.8, 4) is 29.2 Å². The molecule has 0 amide bonds. The molecule has 0 N–H and O–H groups in total. The fourth-order valence-electron chi connectivity index (χ4n) is 12.5. The number of nitrogens with zero attached hydrogens (tertiary/aromatic N) is 7. The van der Waals surface area contributed by atoms with Gasteiger partial charge in [0, 0.05) is 83.5 Å². The summed E-state index contributed by atoms with van der Waals surface area (Å²) in [4.78, 5) is 4.47. The summed E-state index contributed by atoms with van der Waals surface area (Å²) in [6.45, 7) is 0. The monoisotopic (exact) mass is 1100 g/mol. The molecule has 0 atom stereocenters. The van der Waals surface area contributed by atoms with Gasteiger partial charge in [-0.1, -0.05) is 127 Å². The number of hydrogen-bond donors (Lipinski definition) is 0. The number of anilines is 6. The van der Waals surface area contributed by atoms with Crippen molar-refractivity contribution in [2.45, 2.75) is 9.79 Å². The molecule has 0 saturated heterocycles. The van der Waals surface area contributed by atoms with Gasteiger partial charge in [0.1, 0.15) is 0 Å². The normalized spacial score (nSPS) is 11.6. The van der Waals surface area contributed by atoms with Crippen LogP contribution >= 0.6 is 0 Å². The molecule has 3 heterocycles. The molecule has 0 aliphatic carbocycles. The second-order valence-electron chi connectivity index (χ2n) is 20.7. The molecule has 396 valence electrons. The van der Waals surface area contributed by atoms with E-state index in [0.717, 1.165) is 117 Å². The van der Waals surface area contributed by atoms with Gasteiger partial charge in [0.2, 0.25) is 9.84 Å². The number of para-hydroxylation sites is 7. The molecular formula is C74H47N7O2S. The second kappa shape index (κ2) is 20.0. The van der Waals surface area contributed by atoms with E-state index < -0.39 is 9.84 Å². The molecule has 0 radical (unpaired) electrons. The third kappa shape index (κ3) is 7.93. The standard InChI is InChI=1S/C74H47N7O2S/c75-48-50-45-51(49-76)47-62(46-50)84(82,83)61-43-41-60(42-44-61)81-68-32-18-15-29-65(68)71-73-69(63-27-13-16-30-66(63)79(73)58-37-33-56(34-38-58)77(52-19-5-1-6-20-52)53-21-7-2-8-22-53)72-70(74(71)81)64-28-14-17-31-67(64)80(72)59-39-35-57(36-40-59)78(54-23-9-3-10-24-54)55-25-11-4-12-26-55/h1-47H. The zero-order chi connectivity index (χ0) is 56.5. The summed E-state index contributed by atoms with van der Waals surface area (Å²) >= 11 is 0. The Kier molecular flexibility index (Phi) is 11.8. The lowest BCUT2D eigenvalue weighted by Crippen LogP contribution is -2.09. The van der Waals surface area contributed by atoms with Crippen LogP contribution in [0.3, 0.4) is 0 Å². The first-order chi connectivity index (χ1) is 41.4. The van der Waals surface area contributed by atoms with Crippen LogP contribution in [0.15, 0.2) is 295 Å². The number of rotatable bonds is 11. The summed E-state index contributed by atoms with van der Waals surface area (Å²) < 4.78 is 36.0. The highest BCUT2D eigenvalue weighted by atomic mass is 32.2. The maximum Gasteiger partial charge on any atom is 0.206 e. The Hall–Kier alpha value is -11.4. The fourth-order valence-corrected chi connectivity index (χ4v) is 13.8. The summed E-state index contributed by atoms with van der Waals surface area (Å²) in [7, 11) is -4.15. The Morgan fingerprint density at radius 1 is 0.298 bits per heavy atom. The van der Waals surface area contributed by atoms with Crippen LogP contribution in [0.2, 0.25) is 0 Å². The van der Waals surface area contributed by atoms with Crippen LogP contribution in [0.5, 0.6) is 0 Å². The van der Waals surface area contributed by atoms with Gasteiger partial charge in [-0.25, -0.2) is 8.42 Å². The lowest BCUT2D eigenvalue weighted by Gasteiger charge is -2.25. The van der Waals surface area contributed by atoms with Crippen molar-refractivity contribution < 1.29 is 8.42 Å². The van der Waals surface area contributed by atoms with E-state index in [4.69, 9.17) is 0 Å². The quantitative estimate of drug-likeness (QED) is 0.128.